The van der Waals surface area contributed by atoms with Gasteiger partial charge in [-0.1, -0.05) is 123 Å². The van der Waals surface area contributed by atoms with Gasteiger partial charge in [0.15, 0.2) is 0 Å². The molecule has 0 amide bonds. The molecule has 5 aromatic heterocycles. The third-order valence-electron chi connectivity index (χ3n) is 13.9. The van der Waals surface area contributed by atoms with Crippen molar-refractivity contribution in [2.45, 2.75) is 84.0 Å². The minimum absolute atomic E-state index is 0. The number of aromatic nitrogens is 5. The molecule has 373 valence electrons. The average Bonchev–Trinajstić information content (AvgIpc) is 3.97. The Hall–Kier alpha value is -6.77. The van der Waals surface area contributed by atoms with E-state index < -0.39 is 13.3 Å². The second-order valence-electron chi connectivity index (χ2n) is 21.5. The van der Waals surface area contributed by atoms with Gasteiger partial charge in [0.2, 0.25) is 5.71 Å². The summed E-state index contributed by atoms with van der Waals surface area (Å²) in [7, 11) is 0. The fourth-order valence-electron chi connectivity index (χ4n) is 9.92. The second kappa shape index (κ2) is 21.6. The van der Waals surface area contributed by atoms with Crippen molar-refractivity contribution in [3.63, 3.8) is 0 Å². The zero-order valence-corrected chi connectivity index (χ0v) is 48.6. The maximum Gasteiger partial charge on any atom is 0.216 e. The topological polar surface area (TPSA) is 69.6 Å². The van der Waals surface area contributed by atoms with Crippen LogP contribution >= 0.6 is 0 Å². The van der Waals surface area contributed by atoms with Gasteiger partial charge < -0.3 is 8.98 Å². The molecule has 0 spiro atoms. The van der Waals surface area contributed by atoms with Crippen molar-refractivity contribution in [3.8, 4) is 61.8 Å². The molecule has 0 aliphatic heterocycles. The first-order valence-corrected chi connectivity index (χ1v) is 32.9. The third kappa shape index (κ3) is 10.6. The van der Waals surface area contributed by atoms with Crippen molar-refractivity contribution in [2.24, 2.45) is 5.92 Å². The van der Waals surface area contributed by atoms with Crippen molar-refractivity contribution in [2.75, 3.05) is 0 Å². The van der Waals surface area contributed by atoms with Gasteiger partial charge >= 0.3 is 132 Å². The Morgan fingerprint density at radius 1 is 0.662 bits per heavy atom. The quantitative estimate of drug-likeness (QED) is 0.101. The van der Waals surface area contributed by atoms with Gasteiger partial charge in [0, 0.05) is 47.9 Å². The number of hydrogen-bond acceptors (Lipinski definition) is 5. The van der Waals surface area contributed by atoms with Crippen molar-refractivity contribution in [3.05, 3.63) is 205 Å². The molecular weight excluding hydrogens is 1140 g/mol. The van der Waals surface area contributed by atoms with Crippen molar-refractivity contribution in [1.29, 1.82) is 0 Å². The predicted octanol–water partition coefficient (Wildman–Crippen LogP) is 16.8. The van der Waals surface area contributed by atoms with Crippen LogP contribution in [0.25, 0.3) is 94.9 Å². The summed E-state index contributed by atoms with van der Waals surface area (Å²) in [6, 6.07) is 63.8. The first-order valence-electron chi connectivity index (χ1n) is 25.6. The van der Waals surface area contributed by atoms with Gasteiger partial charge in [-0.05, 0) is 66.3 Å². The van der Waals surface area contributed by atoms with Crippen LogP contribution in [0.2, 0.25) is 17.3 Å². The summed E-state index contributed by atoms with van der Waals surface area (Å²) < 4.78 is 10.6. The van der Waals surface area contributed by atoms with E-state index >= 15 is 0 Å². The van der Waals surface area contributed by atoms with Crippen LogP contribution in [0.1, 0.15) is 63.6 Å². The molecule has 0 saturated carbocycles. The van der Waals surface area contributed by atoms with E-state index in [4.69, 9.17) is 24.4 Å². The maximum atomic E-state index is 6.72. The van der Waals surface area contributed by atoms with Gasteiger partial charge in [-0.2, -0.15) is 0 Å². The van der Waals surface area contributed by atoms with Crippen LogP contribution in [0.5, 0.6) is 0 Å². The Morgan fingerprint density at radius 2 is 1.30 bits per heavy atom. The van der Waals surface area contributed by atoms with Crippen LogP contribution in [0.15, 0.2) is 174 Å². The molecule has 5 heterocycles. The largest absolute Gasteiger partial charge is 0.486 e. The molecular formula is C66H63GeIrN5O-2. The Labute approximate surface area is 453 Å². The number of aryl methyl sites for hydroxylation is 2. The zero-order valence-electron chi connectivity index (χ0n) is 44.1. The van der Waals surface area contributed by atoms with E-state index in [1.54, 1.807) is 4.40 Å². The van der Waals surface area contributed by atoms with E-state index in [1.807, 2.05) is 43.3 Å². The van der Waals surface area contributed by atoms with Crippen LogP contribution < -0.4 is 4.40 Å². The van der Waals surface area contributed by atoms with Gasteiger partial charge in [0.1, 0.15) is 0 Å². The van der Waals surface area contributed by atoms with Crippen LogP contribution in [-0.4, -0.2) is 37.8 Å². The Balaban J connectivity index is 0.000000258. The van der Waals surface area contributed by atoms with E-state index in [9.17, 15) is 0 Å². The maximum absolute atomic E-state index is 6.72. The van der Waals surface area contributed by atoms with Gasteiger partial charge in [-0.3, -0.25) is 9.97 Å². The van der Waals surface area contributed by atoms with Crippen LogP contribution in [0.3, 0.4) is 0 Å². The number of nitrogens with zero attached hydrogens (tertiary/aromatic N) is 5. The molecule has 0 aliphatic rings. The molecule has 74 heavy (non-hydrogen) atoms. The molecule has 11 aromatic rings. The van der Waals surface area contributed by atoms with Crippen molar-refractivity contribution >= 4 is 50.8 Å². The predicted molar refractivity (Wildman–Crippen MR) is 307 cm³/mol. The molecule has 6 nitrogen and oxygen atoms in total. The summed E-state index contributed by atoms with van der Waals surface area (Å²) in [5.41, 5.74) is 17.9. The fraction of sp³-hybridized carbons (Fsp3) is 0.212. The van der Waals surface area contributed by atoms with Crippen LogP contribution in [-0.2, 0) is 31.9 Å². The molecule has 1 unspecified atom stereocenters. The molecule has 8 heteroatoms. The van der Waals surface area contributed by atoms with Gasteiger partial charge in [0.25, 0.3) is 0 Å². The monoisotopic (exact) mass is 1210 g/mol. The average molecular weight is 1210 g/mol. The number of furan rings is 1. The number of imidazole rings is 1. The molecule has 0 aliphatic carbocycles. The van der Waals surface area contributed by atoms with Gasteiger partial charge in [0.05, 0.1) is 39.5 Å². The minimum Gasteiger partial charge on any atom is -0.486 e. The molecule has 1 radical (unpaired) electrons. The van der Waals surface area contributed by atoms with Crippen molar-refractivity contribution < 1.29 is 24.5 Å². The fourth-order valence-corrected chi connectivity index (χ4v) is 13.3. The van der Waals surface area contributed by atoms with Crippen LogP contribution in [0.4, 0.5) is 0 Å². The Bertz CT molecular complexity index is 3680. The van der Waals surface area contributed by atoms with E-state index in [-0.39, 0.29) is 25.5 Å². The van der Waals surface area contributed by atoms with Crippen LogP contribution in [0, 0.1) is 31.9 Å². The molecule has 1 atom stereocenters. The summed E-state index contributed by atoms with van der Waals surface area (Å²) in [6.07, 6.45) is 4.54. The third-order valence-corrected chi connectivity index (χ3v) is 18.3. The standard InChI is InChI=1S/C47H37N4O.C19H26GeN.Ir/c1-29-26-41-42(30(2)48-29)51(43-38(31-16-9-6-10-17-31)27-34(47(3,4)5)28-39(43)32-18-11-7-12-19-32)45(49-41)37-23-15-22-35-36-24-25-40(33-20-13-8-14-21-33)50-46(36)52-44(35)37;1-6-15(2)12-17-13-19(16-10-8-7-9-11-16)21-14-18(17)20(3,4)5;/h6-22,24-28H,1-5H3;7-10,13-15H,6,12H2,1-5H3;/q2*-1;. The molecule has 0 bridgehead atoms. The number of hydrogen-bond donors (Lipinski definition) is 0. The summed E-state index contributed by atoms with van der Waals surface area (Å²) in [4.78, 5) is 20.1. The first kappa shape index (κ1) is 52.1. The SMILES string of the molecule is CCC(C)Cc1cc(-c2[c-]cccc2)nc[c]1[Ge]([CH3])([CH3])[CH3].Cc1cc2nc(-c3[c-]ccc4c3oc3nc(-c5ccccc5)ccc34)n(-c3c(-c4ccccc4)cc(C(C)(C)C)cc3-c3ccccc3)c2c(C)n1.[Ir]. The summed E-state index contributed by atoms with van der Waals surface area (Å²) in [5, 5.41) is 1.92. The molecule has 0 N–H and O–H groups in total. The van der Waals surface area contributed by atoms with Gasteiger partial charge in [-0.15, -0.1) is 18.2 Å². The molecule has 6 aromatic carbocycles. The Kier molecular flexibility index (Phi) is 15.2. The number of fused-ring (bicyclic) bond motifs is 4. The molecule has 11 rings (SSSR count). The summed E-state index contributed by atoms with van der Waals surface area (Å²) in [5.74, 6) is 8.81. The van der Waals surface area contributed by atoms with Crippen molar-refractivity contribution in [1.82, 2.24) is 24.5 Å². The van der Waals surface area contributed by atoms with E-state index in [1.165, 1.54) is 17.5 Å². The molecule has 0 saturated heterocycles. The summed E-state index contributed by atoms with van der Waals surface area (Å²) >= 11 is -1.87. The summed E-state index contributed by atoms with van der Waals surface area (Å²) in [6.45, 7) is 15.5. The Morgan fingerprint density at radius 3 is 1.89 bits per heavy atom. The normalized spacial score (nSPS) is 12.1. The zero-order chi connectivity index (χ0) is 51.0. The van der Waals surface area contributed by atoms with Gasteiger partial charge in [-0.25, -0.2) is 4.98 Å². The number of benzene rings is 6. The van der Waals surface area contributed by atoms with E-state index in [0.29, 0.717) is 11.3 Å². The molecule has 0 fully saturated rings. The minimum atomic E-state index is -1.87. The smallest absolute Gasteiger partial charge is 0.216 e. The number of rotatable bonds is 10. The van der Waals surface area contributed by atoms with E-state index in [0.717, 1.165) is 107 Å². The second-order valence-corrected chi connectivity index (χ2v) is 32.0. The number of pyridine rings is 3. The van der Waals surface area contributed by atoms with E-state index in [2.05, 4.69) is 209 Å². The first-order chi connectivity index (χ1) is 35.2.